The molecule has 1 heterocycles. The third-order valence-electron chi connectivity index (χ3n) is 4.85. The largest absolute Gasteiger partial charge is 0.420 e. The highest BCUT2D eigenvalue weighted by Crippen LogP contribution is 2.46. The fraction of sp³-hybridized carbons (Fsp3) is 0.286. The van der Waals surface area contributed by atoms with Crippen LogP contribution in [0.2, 0.25) is 0 Å². The fourth-order valence-corrected chi connectivity index (χ4v) is 3.44. The van der Waals surface area contributed by atoms with Crippen LogP contribution in [0.1, 0.15) is 11.1 Å². The number of alkyl halides is 3. The van der Waals surface area contributed by atoms with Gasteiger partial charge in [-0.25, -0.2) is 4.39 Å². The Hall–Kier alpha value is -2.87. The van der Waals surface area contributed by atoms with Gasteiger partial charge in [-0.2, -0.15) is 13.2 Å². The van der Waals surface area contributed by atoms with Crippen molar-refractivity contribution in [3.63, 3.8) is 0 Å². The van der Waals surface area contributed by atoms with Gasteiger partial charge in [-0.05, 0) is 29.8 Å². The minimum atomic E-state index is -5.03. The first-order valence-corrected chi connectivity index (χ1v) is 8.99. The van der Waals surface area contributed by atoms with Gasteiger partial charge in [-0.15, -0.1) is 0 Å². The van der Waals surface area contributed by atoms with Crippen molar-refractivity contribution in [3.05, 3.63) is 78.1 Å². The molecule has 0 saturated carbocycles. The molecular weight excluding hydrogens is 388 g/mol. The van der Waals surface area contributed by atoms with E-state index >= 15 is 0 Å². The molecule has 2 aromatic rings. The van der Waals surface area contributed by atoms with Crippen LogP contribution in [-0.2, 0) is 15.1 Å². The van der Waals surface area contributed by atoms with Gasteiger partial charge in [-0.3, -0.25) is 4.79 Å². The third-order valence-corrected chi connectivity index (χ3v) is 4.85. The lowest BCUT2D eigenvalue weighted by Crippen LogP contribution is -2.57. The van der Waals surface area contributed by atoms with Gasteiger partial charge in [0.15, 0.2) is 5.54 Å². The van der Waals surface area contributed by atoms with Crippen LogP contribution in [0.15, 0.2) is 61.2 Å². The Morgan fingerprint density at radius 3 is 2.41 bits per heavy atom. The molecular formula is C21H20F4N2O2. The van der Waals surface area contributed by atoms with Crippen LogP contribution in [0.5, 0.6) is 0 Å². The van der Waals surface area contributed by atoms with Crippen LogP contribution in [0.4, 0.5) is 23.2 Å². The number of rotatable bonds is 5. The van der Waals surface area contributed by atoms with Gasteiger partial charge in [0.1, 0.15) is 5.82 Å². The molecule has 0 bridgehead atoms. The highest BCUT2D eigenvalue weighted by Gasteiger charge is 2.59. The van der Waals surface area contributed by atoms with Crippen LogP contribution in [-0.4, -0.2) is 38.4 Å². The topological polar surface area (TPSA) is 41.6 Å². The van der Waals surface area contributed by atoms with Gasteiger partial charge in [-0.1, -0.05) is 36.9 Å². The Bertz CT molecular complexity index is 894. The van der Waals surface area contributed by atoms with Crippen molar-refractivity contribution in [2.75, 3.05) is 31.2 Å². The number of anilines is 1. The van der Waals surface area contributed by atoms with E-state index in [0.29, 0.717) is 32.0 Å². The Kier molecular flexibility index (Phi) is 5.93. The SMILES string of the molecule is C=CC(=O)NC(c1cccc(N2CCOCC2)c1)(c1ccccc1F)C(F)(F)F. The van der Waals surface area contributed by atoms with Crippen molar-refractivity contribution in [2.45, 2.75) is 11.7 Å². The molecule has 0 aliphatic carbocycles. The Balaban J connectivity index is 2.23. The molecule has 1 N–H and O–H groups in total. The number of benzene rings is 2. The molecule has 1 saturated heterocycles. The number of carbonyl (C=O) groups is 1. The lowest BCUT2D eigenvalue weighted by atomic mass is 9.81. The second-order valence-electron chi connectivity index (χ2n) is 6.57. The maximum absolute atomic E-state index is 14.6. The summed E-state index contributed by atoms with van der Waals surface area (Å²) < 4.78 is 63.5. The minimum Gasteiger partial charge on any atom is -0.378 e. The molecule has 0 aromatic heterocycles. The number of hydrogen-bond acceptors (Lipinski definition) is 3. The van der Waals surface area contributed by atoms with Crippen LogP contribution in [0.3, 0.4) is 0 Å². The quantitative estimate of drug-likeness (QED) is 0.605. The molecule has 4 nitrogen and oxygen atoms in total. The maximum Gasteiger partial charge on any atom is 0.420 e. The molecule has 1 fully saturated rings. The smallest absolute Gasteiger partial charge is 0.378 e. The predicted molar refractivity (Wildman–Crippen MR) is 101 cm³/mol. The van der Waals surface area contributed by atoms with Crippen LogP contribution in [0, 0.1) is 5.82 Å². The van der Waals surface area contributed by atoms with E-state index in [1.54, 1.807) is 6.07 Å². The van der Waals surface area contributed by atoms with Gasteiger partial charge < -0.3 is 15.0 Å². The molecule has 0 radical (unpaired) electrons. The van der Waals surface area contributed by atoms with E-state index in [9.17, 15) is 22.4 Å². The summed E-state index contributed by atoms with van der Waals surface area (Å²) in [7, 11) is 0. The summed E-state index contributed by atoms with van der Waals surface area (Å²) in [6.07, 6.45) is -4.30. The minimum absolute atomic E-state index is 0.297. The normalized spacial score (nSPS) is 16.8. The molecule has 1 atom stereocenters. The van der Waals surface area contributed by atoms with Gasteiger partial charge in [0.25, 0.3) is 0 Å². The zero-order chi connectivity index (χ0) is 21.1. The number of ether oxygens (including phenoxy) is 1. The molecule has 0 spiro atoms. The summed E-state index contributed by atoms with van der Waals surface area (Å²) in [5.41, 5.74) is -3.54. The number of amides is 1. The molecule has 1 unspecified atom stereocenters. The van der Waals surface area contributed by atoms with Gasteiger partial charge in [0, 0.05) is 24.3 Å². The van der Waals surface area contributed by atoms with Gasteiger partial charge in [0.2, 0.25) is 5.91 Å². The van der Waals surface area contributed by atoms with Crippen molar-refractivity contribution < 1.29 is 27.1 Å². The van der Waals surface area contributed by atoms with Crippen molar-refractivity contribution in [3.8, 4) is 0 Å². The average molecular weight is 408 g/mol. The lowest BCUT2D eigenvalue weighted by molar-refractivity contribution is -0.189. The molecule has 3 rings (SSSR count). The molecule has 1 aliphatic heterocycles. The monoisotopic (exact) mass is 408 g/mol. The summed E-state index contributed by atoms with van der Waals surface area (Å²) in [6, 6.07) is 10.2. The summed E-state index contributed by atoms with van der Waals surface area (Å²) in [5, 5.41) is 1.96. The summed E-state index contributed by atoms with van der Waals surface area (Å²) >= 11 is 0. The van der Waals surface area contributed by atoms with Crippen LogP contribution >= 0.6 is 0 Å². The van der Waals surface area contributed by atoms with Crippen molar-refractivity contribution in [2.24, 2.45) is 0 Å². The zero-order valence-electron chi connectivity index (χ0n) is 15.5. The van der Waals surface area contributed by atoms with Crippen molar-refractivity contribution in [1.29, 1.82) is 0 Å². The number of hydrogen-bond donors (Lipinski definition) is 1. The van der Waals surface area contributed by atoms with E-state index in [4.69, 9.17) is 4.74 Å². The standard InChI is InChI=1S/C21H20F4N2O2/c1-2-19(28)26-20(21(23,24)25,17-8-3-4-9-18(17)22)15-6-5-7-16(14-15)27-10-12-29-13-11-27/h2-9,14H,1,10-13H2,(H,26,28). The second kappa shape index (κ2) is 8.24. The highest BCUT2D eigenvalue weighted by atomic mass is 19.4. The number of nitrogens with one attached hydrogen (secondary N) is 1. The maximum atomic E-state index is 14.6. The number of morpholine rings is 1. The lowest BCUT2D eigenvalue weighted by Gasteiger charge is -2.38. The molecule has 1 amide bonds. The van der Waals surface area contributed by atoms with E-state index in [-0.39, 0.29) is 5.56 Å². The van der Waals surface area contributed by atoms with E-state index in [1.165, 1.54) is 30.3 Å². The first kappa shape index (κ1) is 20.9. The molecule has 154 valence electrons. The number of nitrogens with zero attached hydrogens (tertiary/aromatic N) is 1. The fourth-order valence-electron chi connectivity index (χ4n) is 3.44. The third kappa shape index (κ3) is 3.98. The van der Waals surface area contributed by atoms with E-state index in [0.717, 1.165) is 18.2 Å². The molecule has 8 heteroatoms. The van der Waals surface area contributed by atoms with E-state index in [1.807, 2.05) is 10.2 Å². The van der Waals surface area contributed by atoms with Crippen LogP contribution in [0.25, 0.3) is 0 Å². The number of halogens is 4. The second-order valence-corrected chi connectivity index (χ2v) is 6.57. The van der Waals surface area contributed by atoms with Gasteiger partial charge >= 0.3 is 6.18 Å². The van der Waals surface area contributed by atoms with Gasteiger partial charge in [0.05, 0.1) is 13.2 Å². The Morgan fingerprint density at radius 1 is 1.10 bits per heavy atom. The highest BCUT2D eigenvalue weighted by molar-refractivity contribution is 5.88. The Labute approximate surface area is 165 Å². The molecule has 29 heavy (non-hydrogen) atoms. The van der Waals surface area contributed by atoms with Crippen molar-refractivity contribution >= 4 is 11.6 Å². The summed E-state index contributed by atoms with van der Waals surface area (Å²) in [6.45, 7) is 5.17. The van der Waals surface area contributed by atoms with E-state index < -0.39 is 29.0 Å². The molecule has 2 aromatic carbocycles. The average Bonchev–Trinajstić information content (AvgIpc) is 2.72. The van der Waals surface area contributed by atoms with E-state index in [2.05, 4.69) is 6.58 Å². The first-order chi connectivity index (χ1) is 13.8. The first-order valence-electron chi connectivity index (χ1n) is 8.99. The predicted octanol–water partition coefficient (Wildman–Crippen LogP) is 3.77. The molecule has 1 aliphatic rings. The Morgan fingerprint density at radius 2 is 1.79 bits per heavy atom. The summed E-state index contributed by atoms with van der Waals surface area (Å²) in [5.74, 6) is -2.15. The van der Waals surface area contributed by atoms with Crippen LogP contribution < -0.4 is 10.2 Å². The zero-order valence-corrected chi connectivity index (χ0v) is 15.5. The summed E-state index contributed by atoms with van der Waals surface area (Å²) in [4.78, 5) is 13.9. The van der Waals surface area contributed by atoms with Crippen molar-refractivity contribution in [1.82, 2.24) is 5.32 Å². The number of carbonyl (C=O) groups excluding carboxylic acids is 1.